The van der Waals surface area contributed by atoms with Crippen LogP contribution in [-0.2, 0) is 17.6 Å². The van der Waals surface area contributed by atoms with Gasteiger partial charge in [-0.25, -0.2) is 0 Å². The quantitative estimate of drug-likeness (QED) is 0.793. The molecule has 0 bridgehead atoms. The number of hydrogen-bond acceptors (Lipinski definition) is 2. The van der Waals surface area contributed by atoms with Crippen LogP contribution in [0.1, 0.15) is 36.8 Å². The van der Waals surface area contributed by atoms with Crippen molar-refractivity contribution >= 4 is 5.97 Å². The number of aryl methyl sites for hydroxylation is 2. The zero-order valence-corrected chi connectivity index (χ0v) is 9.85. The number of hydrogen-bond donors (Lipinski definition) is 2. The Kier molecular flexibility index (Phi) is 3.48. The Balaban J connectivity index is 1.82. The van der Waals surface area contributed by atoms with Gasteiger partial charge in [-0.3, -0.25) is 4.79 Å². The van der Waals surface area contributed by atoms with E-state index in [0.29, 0.717) is 6.42 Å². The van der Waals surface area contributed by atoms with Gasteiger partial charge >= 0.3 is 5.97 Å². The summed E-state index contributed by atoms with van der Waals surface area (Å²) in [5.41, 5.74) is 1.88. The van der Waals surface area contributed by atoms with Crippen LogP contribution < -0.4 is 0 Å². The van der Waals surface area contributed by atoms with Crippen molar-refractivity contribution < 1.29 is 15.0 Å². The molecule has 92 valence electrons. The molecule has 1 aliphatic rings. The van der Waals surface area contributed by atoms with Crippen molar-refractivity contribution in [3.8, 4) is 0 Å². The van der Waals surface area contributed by atoms with E-state index in [-0.39, 0.29) is 12.0 Å². The topological polar surface area (TPSA) is 57.5 Å². The zero-order valence-electron chi connectivity index (χ0n) is 9.85. The Morgan fingerprint density at radius 3 is 2.12 bits per heavy atom. The first-order valence-electron chi connectivity index (χ1n) is 6.09. The van der Waals surface area contributed by atoms with Crippen molar-refractivity contribution in [3.63, 3.8) is 0 Å². The smallest absolute Gasteiger partial charge is 0.303 e. The van der Waals surface area contributed by atoms with Gasteiger partial charge in [0.2, 0.25) is 0 Å². The molecule has 1 aliphatic carbocycles. The minimum Gasteiger partial charge on any atom is -0.481 e. The Morgan fingerprint density at radius 1 is 1.12 bits per heavy atom. The summed E-state index contributed by atoms with van der Waals surface area (Å²) in [4.78, 5) is 10.4. The molecule has 0 radical (unpaired) electrons. The van der Waals surface area contributed by atoms with E-state index in [0.717, 1.165) is 31.2 Å². The molecule has 1 aromatic rings. The van der Waals surface area contributed by atoms with Gasteiger partial charge in [-0.2, -0.15) is 0 Å². The maximum atomic E-state index is 10.4. The third kappa shape index (κ3) is 3.86. The first-order chi connectivity index (χ1) is 8.07. The number of aliphatic hydroxyl groups is 1. The number of carbonyl (C=O) groups is 1. The van der Waals surface area contributed by atoms with Crippen LogP contribution in [0.15, 0.2) is 24.3 Å². The van der Waals surface area contributed by atoms with Crippen molar-refractivity contribution in [2.24, 2.45) is 0 Å². The highest BCUT2D eigenvalue weighted by Gasteiger charge is 2.39. The first kappa shape index (κ1) is 12.1. The van der Waals surface area contributed by atoms with Crippen LogP contribution in [0.4, 0.5) is 0 Å². The fraction of sp³-hybridized carbons (Fsp3) is 0.500. The van der Waals surface area contributed by atoms with Crippen molar-refractivity contribution in [1.29, 1.82) is 0 Å². The van der Waals surface area contributed by atoms with Gasteiger partial charge in [0.05, 0.1) is 5.60 Å². The summed E-state index contributed by atoms with van der Waals surface area (Å²) < 4.78 is 0. The predicted octanol–water partition coefficient (Wildman–Crippen LogP) is 2.16. The second-order valence-electron chi connectivity index (χ2n) is 4.93. The second-order valence-corrected chi connectivity index (χ2v) is 4.93. The molecule has 1 saturated carbocycles. The maximum Gasteiger partial charge on any atom is 0.303 e. The lowest BCUT2D eigenvalue weighted by Crippen LogP contribution is -2.07. The molecule has 0 unspecified atom stereocenters. The van der Waals surface area contributed by atoms with Gasteiger partial charge in [0.15, 0.2) is 0 Å². The molecular formula is C14H18O3. The standard InChI is InChI=1S/C14H18O3/c15-13(16)6-5-11-1-3-12(4-2-11)7-8-14(17)9-10-14/h1-4,17H,5-10H2,(H,15,16). The molecule has 0 saturated heterocycles. The molecular weight excluding hydrogens is 216 g/mol. The number of carboxylic acids is 1. The van der Waals surface area contributed by atoms with Gasteiger partial charge in [0, 0.05) is 6.42 Å². The van der Waals surface area contributed by atoms with E-state index < -0.39 is 5.97 Å². The lowest BCUT2D eigenvalue weighted by Gasteiger charge is -2.07. The second kappa shape index (κ2) is 4.88. The molecule has 0 aromatic heterocycles. The summed E-state index contributed by atoms with van der Waals surface area (Å²) in [7, 11) is 0. The van der Waals surface area contributed by atoms with E-state index in [9.17, 15) is 9.90 Å². The average molecular weight is 234 g/mol. The monoisotopic (exact) mass is 234 g/mol. The highest BCUT2D eigenvalue weighted by molar-refractivity contribution is 5.67. The van der Waals surface area contributed by atoms with E-state index in [1.54, 1.807) is 0 Å². The molecule has 0 atom stereocenters. The van der Waals surface area contributed by atoms with E-state index in [2.05, 4.69) is 0 Å². The van der Waals surface area contributed by atoms with Gasteiger partial charge < -0.3 is 10.2 Å². The third-order valence-corrected chi connectivity index (χ3v) is 3.36. The van der Waals surface area contributed by atoms with E-state index in [1.165, 1.54) is 5.56 Å². The van der Waals surface area contributed by atoms with E-state index >= 15 is 0 Å². The Bertz CT molecular complexity index is 390. The van der Waals surface area contributed by atoms with Crippen molar-refractivity contribution in [3.05, 3.63) is 35.4 Å². The largest absolute Gasteiger partial charge is 0.481 e. The van der Waals surface area contributed by atoms with Gasteiger partial charge in [-0.15, -0.1) is 0 Å². The molecule has 0 spiro atoms. The molecule has 0 heterocycles. The van der Waals surface area contributed by atoms with Crippen LogP contribution in [0.3, 0.4) is 0 Å². The highest BCUT2D eigenvalue weighted by Crippen LogP contribution is 2.39. The SMILES string of the molecule is O=C(O)CCc1ccc(CCC2(O)CC2)cc1. The number of carboxylic acid groups (broad SMARTS) is 1. The number of aliphatic carboxylic acids is 1. The Morgan fingerprint density at radius 2 is 1.65 bits per heavy atom. The third-order valence-electron chi connectivity index (χ3n) is 3.36. The van der Waals surface area contributed by atoms with E-state index in [4.69, 9.17) is 5.11 Å². The molecule has 3 nitrogen and oxygen atoms in total. The molecule has 2 N–H and O–H groups in total. The van der Waals surface area contributed by atoms with Gasteiger partial charge in [-0.1, -0.05) is 24.3 Å². The molecule has 0 amide bonds. The molecule has 3 heteroatoms. The van der Waals surface area contributed by atoms with Crippen molar-refractivity contribution in [2.75, 3.05) is 0 Å². The highest BCUT2D eigenvalue weighted by atomic mass is 16.4. The Labute approximate surface area is 101 Å². The minimum atomic E-state index is -0.759. The molecule has 1 fully saturated rings. The molecule has 0 aliphatic heterocycles. The number of benzene rings is 1. The lowest BCUT2D eigenvalue weighted by atomic mass is 10.0. The zero-order chi connectivity index (χ0) is 12.3. The van der Waals surface area contributed by atoms with Gasteiger partial charge in [0.1, 0.15) is 0 Å². The van der Waals surface area contributed by atoms with Crippen LogP contribution in [0, 0.1) is 0 Å². The summed E-state index contributed by atoms with van der Waals surface area (Å²) >= 11 is 0. The maximum absolute atomic E-state index is 10.4. The fourth-order valence-electron chi connectivity index (χ4n) is 1.90. The molecule has 2 rings (SSSR count). The summed E-state index contributed by atoms with van der Waals surface area (Å²) in [6, 6.07) is 8.02. The minimum absolute atomic E-state index is 0.180. The lowest BCUT2D eigenvalue weighted by molar-refractivity contribution is -0.136. The van der Waals surface area contributed by atoms with Crippen LogP contribution in [0.2, 0.25) is 0 Å². The van der Waals surface area contributed by atoms with Crippen molar-refractivity contribution in [1.82, 2.24) is 0 Å². The number of rotatable bonds is 6. The predicted molar refractivity (Wildman–Crippen MR) is 64.9 cm³/mol. The van der Waals surface area contributed by atoms with Gasteiger partial charge in [0.25, 0.3) is 0 Å². The summed E-state index contributed by atoms with van der Waals surface area (Å²) in [5, 5.41) is 18.3. The normalized spacial score (nSPS) is 16.8. The average Bonchev–Trinajstić information content (AvgIpc) is 3.04. The molecule has 17 heavy (non-hydrogen) atoms. The Hall–Kier alpha value is -1.35. The van der Waals surface area contributed by atoms with Crippen molar-refractivity contribution in [2.45, 2.75) is 44.1 Å². The fourth-order valence-corrected chi connectivity index (χ4v) is 1.90. The summed E-state index contributed by atoms with van der Waals surface area (Å²) in [6.07, 6.45) is 4.36. The van der Waals surface area contributed by atoms with Crippen LogP contribution in [0.5, 0.6) is 0 Å². The summed E-state index contributed by atoms with van der Waals surface area (Å²) in [6.45, 7) is 0. The van der Waals surface area contributed by atoms with Crippen LogP contribution >= 0.6 is 0 Å². The summed E-state index contributed by atoms with van der Waals surface area (Å²) in [5.74, 6) is -0.759. The van der Waals surface area contributed by atoms with Crippen LogP contribution in [0.25, 0.3) is 0 Å². The first-order valence-corrected chi connectivity index (χ1v) is 6.09. The van der Waals surface area contributed by atoms with E-state index in [1.807, 2.05) is 24.3 Å². The molecule has 1 aromatic carbocycles. The van der Waals surface area contributed by atoms with Crippen LogP contribution in [-0.4, -0.2) is 21.8 Å². The van der Waals surface area contributed by atoms with Gasteiger partial charge in [-0.05, 0) is 43.2 Å².